The Morgan fingerprint density at radius 2 is 1.86 bits per heavy atom. The number of fused-ring (bicyclic) bond motifs is 1. The third-order valence-electron chi connectivity index (χ3n) is 6.49. The van der Waals surface area contributed by atoms with Crippen LogP contribution < -0.4 is 4.74 Å². The zero-order valence-corrected chi connectivity index (χ0v) is 22.2. The van der Waals surface area contributed by atoms with E-state index in [9.17, 15) is 21.6 Å². The summed E-state index contributed by atoms with van der Waals surface area (Å²) in [5.74, 6) is 0.343. The Labute approximate surface area is 223 Å². The molecule has 1 aromatic heterocycles. The molecule has 3 aromatic rings. The molecule has 1 N–H and O–H groups in total. The van der Waals surface area contributed by atoms with Crippen LogP contribution in [0.3, 0.4) is 0 Å². The number of pyridine rings is 1. The fourth-order valence-corrected chi connectivity index (χ4v) is 6.85. The number of ether oxygens (including phenoxy) is 1. The molecule has 0 atom stereocenters. The number of aromatic nitrogens is 1. The Bertz CT molecular complexity index is 1410. The van der Waals surface area contributed by atoms with Crippen LogP contribution in [0.15, 0.2) is 41.3 Å². The summed E-state index contributed by atoms with van der Waals surface area (Å²) in [6, 6.07) is 7.93. The van der Waals surface area contributed by atoms with E-state index in [0.717, 1.165) is 6.07 Å². The first-order chi connectivity index (χ1) is 17.4. The maximum absolute atomic E-state index is 13.6. The molecule has 2 heterocycles. The number of piperidine rings is 1. The summed E-state index contributed by atoms with van der Waals surface area (Å²) in [7, 11) is -3.93. The molecule has 0 saturated carbocycles. The minimum absolute atomic E-state index is 0.0246. The fourth-order valence-electron chi connectivity index (χ4n) is 4.52. The Kier molecular flexibility index (Phi) is 8.25. The summed E-state index contributed by atoms with van der Waals surface area (Å²) in [5, 5.41) is 9.08. The Morgan fingerprint density at radius 1 is 1.16 bits per heavy atom. The van der Waals surface area contributed by atoms with Crippen LogP contribution in [0.2, 0.25) is 10.0 Å². The van der Waals surface area contributed by atoms with Crippen molar-refractivity contribution in [1.82, 2.24) is 9.29 Å². The van der Waals surface area contributed by atoms with E-state index in [-0.39, 0.29) is 62.0 Å². The van der Waals surface area contributed by atoms with Gasteiger partial charge in [0.2, 0.25) is 10.0 Å². The lowest BCUT2D eigenvalue weighted by Crippen LogP contribution is -2.38. The number of benzene rings is 2. The van der Waals surface area contributed by atoms with Crippen LogP contribution in [0.4, 0.5) is 13.2 Å². The summed E-state index contributed by atoms with van der Waals surface area (Å²) >= 11 is 12.8. The van der Waals surface area contributed by atoms with Crippen molar-refractivity contribution in [2.45, 2.75) is 43.9 Å². The van der Waals surface area contributed by atoms with E-state index in [0.29, 0.717) is 32.4 Å². The average molecular weight is 577 g/mol. The minimum atomic E-state index is -4.58. The molecule has 0 spiro atoms. The standard InChI is InChI=1S/C25H25Cl2F3N2O4S/c1-15-13-19(25(28,29)30)17-3-2-4-21(24(17)31-15)36-14-18-20(26)5-6-22(23(18)27)37(34,35)32-10-7-16(8-11-32)9-12-33/h2-6,13,16,33H,7-12,14H2,1H3. The lowest BCUT2D eigenvalue weighted by molar-refractivity contribution is -0.136. The molecule has 0 bridgehead atoms. The lowest BCUT2D eigenvalue weighted by atomic mass is 9.95. The summed E-state index contributed by atoms with van der Waals surface area (Å²) in [4.78, 5) is 4.11. The first-order valence-electron chi connectivity index (χ1n) is 11.6. The molecule has 4 rings (SSSR count). The predicted molar refractivity (Wildman–Crippen MR) is 135 cm³/mol. The largest absolute Gasteiger partial charge is 0.487 e. The first-order valence-corrected chi connectivity index (χ1v) is 13.8. The summed E-state index contributed by atoms with van der Waals surface area (Å²) in [5.41, 5.74) is -0.438. The number of para-hydroxylation sites is 1. The third kappa shape index (κ3) is 5.83. The highest BCUT2D eigenvalue weighted by Crippen LogP contribution is 2.39. The molecule has 1 saturated heterocycles. The van der Waals surface area contributed by atoms with Gasteiger partial charge in [-0.05, 0) is 56.4 Å². The number of alkyl halides is 3. The van der Waals surface area contributed by atoms with Crippen molar-refractivity contribution in [3.8, 4) is 5.75 Å². The van der Waals surface area contributed by atoms with Crippen LogP contribution in [0.1, 0.15) is 36.1 Å². The van der Waals surface area contributed by atoms with Gasteiger partial charge in [-0.2, -0.15) is 17.5 Å². The fraction of sp³-hybridized carbons (Fsp3) is 0.400. The van der Waals surface area contributed by atoms with Crippen molar-refractivity contribution in [1.29, 1.82) is 0 Å². The van der Waals surface area contributed by atoms with E-state index < -0.39 is 21.8 Å². The van der Waals surface area contributed by atoms with Crippen LogP contribution in [0.5, 0.6) is 5.75 Å². The van der Waals surface area contributed by atoms with Gasteiger partial charge in [-0.1, -0.05) is 35.3 Å². The number of hydrogen-bond donors (Lipinski definition) is 1. The van der Waals surface area contributed by atoms with Gasteiger partial charge in [0.25, 0.3) is 0 Å². The second-order valence-electron chi connectivity index (χ2n) is 8.95. The third-order valence-corrected chi connectivity index (χ3v) is 9.33. The van der Waals surface area contributed by atoms with Crippen molar-refractivity contribution in [2.24, 2.45) is 5.92 Å². The van der Waals surface area contributed by atoms with Gasteiger partial charge >= 0.3 is 6.18 Å². The molecule has 6 nitrogen and oxygen atoms in total. The quantitative estimate of drug-likeness (QED) is 0.360. The maximum Gasteiger partial charge on any atom is 0.417 e. The number of aliphatic hydroxyl groups excluding tert-OH is 1. The van der Waals surface area contributed by atoms with E-state index in [2.05, 4.69) is 4.98 Å². The number of sulfonamides is 1. The van der Waals surface area contributed by atoms with Gasteiger partial charge in [0.05, 0.1) is 10.6 Å². The number of aliphatic hydroxyl groups is 1. The van der Waals surface area contributed by atoms with E-state index in [1.165, 1.54) is 41.6 Å². The number of aryl methyl sites for hydroxylation is 1. The highest BCUT2D eigenvalue weighted by molar-refractivity contribution is 7.89. The van der Waals surface area contributed by atoms with Gasteiger partial charge in [-0.3, -0.25) is 0 Å². The van der Waals surface area contributed by atoms with Gasteiger partial charge in [-0.15, -0.1) is 0 Å². The van der Waals surface area contributed by atoms with Crippen LogP contribution in [0.25, 0.3) is 10.9 Å². The van der Waals surface area contributed by atoms with Crippen molar-refractivity contribution in [3.05, 3.63) is 63.3 Å². The number of rotatable bonds is 7. The molecule has 1 aliphatic heterocycles. The molecule has 2 aromatic carbocycles. The summed E-state index contributed by atoms with van der Waals surface area (Å²) < 4.78 is 74.6. The van der Waals surface area contributed by atoms with Crippen molar-refractivity contribution in [3.63, 3.8) is 0 Å². The van der Waals surface area contributed by atoms with Gasteiger partial charge < -0.3 is 9.84 Å². The zero-order chi connectivity index (χ0) is 27.0. The molecule has 0 radical (unpaired) electrons. The van der Waals surface area contributed by atoms with E-state index in [1.807, 2.05) is 0 Å². The number of hydrogen-bond acceptors (Lipinski definition) is 5. The van der Waals surface area contributed by atoms with Crippen molar-refractivity contribution >= 4 is 44.1 Å². The SMILES string of the molecule is Cc1cc(C(F)(F)F)c2cccc(OCc3c(Cl)ccc(S(=O)(=O)N4CCC(CCO)CC4)c3Cl)c2n1. The molecule has 37 heavy (non-hydrogen) atoms. The molecule has 0 unspecified atom stereocenters. The number of halogens is 5. The van der Waals surface area contributed by atoms with Crippen LogP contribution in [0, 0.1) is 12.8 Å². The van der Waals surface area contributed by atoms with Crippen molar-refractivity contribution in [2.75, 3.05) is 19.7 Å². The number of nitrogens with zero attached hydrogens (tertiary/aromatic N) is 2. The molecule has 0 amide bonds. The topological polar surface area (TPSA) is 79.7 Å². The van der Waals surface area contributed by atoms with Gasteiger partial charge in [-0.25, -0.2) is 13.4 Å². The Hall–Kier alpha value is -2.11. The molecular weight excluding hydrogens is 552 g/mol. The van der Waals surface area contributed by atoms with Gasteiger partial charge in [0, 0.05) is 41.4 Å². The zero-order valence-electron chi connectivity index (χ0n) is 19.9. The van der Waals surface area contributed by atoms with E-state index >= 15 is 0 Å². The highest BCUT2D eigenvalue weighted by Gasteiger charge is 2.34. The van der Waals surface area contributed by atoms with Gasteiger partial charge in [0.1, 0.15) is 22.8 Å². The summed E-state index contributed by atoms with van der Waals surface area (Å²) in [6.45, 7) is 1.85. The van der Waals surface area contributed by atoms with Crippen LogP contribution in [-0.2, 0) is 22.8 Å². The molecule has 1 aliphatic rings. The van der Waals surface area contributed by atoms with Gasteiger partial charge in [0.15, 0.2) is 0 Å². The highest BCUT2D eigenvalue weighted by atomic mass is 35.5. The van der Waals surface area contributed by atoms with Crippen LogP contribution in [-0.4, -0.2) is 42.5 Å². The molecular formula is C25H25Cl2F3N2O4S. The minimum Gasteiger partial charge on any atom is -0.487 e. The molecule has 200 valence electrons. The average Bonchev–Trinajstić information content (AvgIpc) is 2.83. The van der Waals surface area contributed by atoms with Crippen LogP contribution >= 0.6 is 23.2 Å². The van der Waals surface area contributed by atoms with E-state index in [1.54, 1.807) is 0 Å². The molecule has 0 aliphatic carbocycles. The maximum atomic E-state index is 13.6. The smallest absolute Gasteiger partial charge is 0.417 e. The second-order valence-corrected chi connectivity index (χ2v) is 11.6. The normalized spacial score (nSPS) is 15.9. The molecule has 12 heteroatoms. The Morgan fingerprint density at radius 3 is 2.51 bits per heavy atom. The predicted octanol–water partition coefficient (Wildman–Crippen LogP) is 6.23. The molecule has 1 fully saturated rings. The lowest BCUT2D eigenvalue weighted by Gasteiger charge is -2.31. The first kappa shape index (κ1) is 27.9. The monoisotopic (exact) mass is 576 g/mol. The second kappa shape index (κ2) is 10.9. The van der Waals surface area contributed by atoms with E-state index in [4.69, 9.17) is 33.0 Å². The van der Waals surface area contributed by atoms with Crippen molar-refractivity contribution < 1.29 is 31.4 Å². The summed E-state index contributed by atoms with van der Waals surface area (Å²) in [6.07, 6.45) is -2.68. The Balaban J connectivity index is 1.63.